The first kappa shape index (κ1) is 12.4. The van der Waals surface area contributed by atoms with Crippen molar-refractivity contribution in [2.45, 2.75) is 25.8 Å². The van der Waals surface area contributed by atoms with E-state index in [1.807, 2.05) is 19.1 Å². The third kappa shape index (κ3) is 3.20. The minimum absolute atomic E-state index is 0.0502. The maximum Gasteiger partial charge on any atom is 0.241 e. The lowest BCUT2D eigenvalue weighted by molar-refractivity contribution is -0.120. The smallest absolute Gasteiger partial charge is 0.241 e. The number of hydrogen-bond acceptors (Lipinski definition) is 2. The Morgan fingerprint density at radius 1 is 1.29 bits per heavy atom. The lowest BCUT2D eigenvalue weighted by Gasteiger charge is -2.22. The first-order chi connectivity index (χ1) is 8.16. The summed E-state index contributed by atoms with van der Waals surface area (Å²) in [7, 11) is 0. The minimum Gasteiger partial charge on any atom is -0.325 e. The van der Waals surface area contributed by atoms with Gasteiger partial charge in [-0.1, -0.05) is 11.6 Å². The van der Waals surface area contributed by atoms with Crippen LogP contribution in [0.3, 0.4) is 0 Å². The molecule has 1 aromatic carbocycles. The molecule has 0 radical (unpaired) electrons. The van der Waals surface area contributed by atoms with E-state index in [4.69, 9.17) is 11.6 Å². The van der Waals surface area contributed by atoms with Crippen LogP contribution in [-0.4, -0.2) is 29.9 Å². The highest BCUT2D eigenvalue weighted by Crippen LogP contribution is 2.16. The summed E-state index contributed by atoms with van der Waals surface area (Å²) in [6, 6.07) is 7.12. The standard InChI is InChI=1S/C13H17ClN2O/c1-10(16-8-2-3-9-16)13(17)15-12-6-4-11(14)5-7-12/h4-7,10H,2-3,8-9H2,1H3,(H,15,17)/t10-/m0/s1. The number of carbonyl (C=O) groups is 1. The summed E-state index contributed by atoms with van der Waals surface area (Å²) >= 11 is 5.79. The van der Waals surface area contributed by atoms with E-state index in [1.165, 1.54) is 12.8 Å². The van der Waals surface area contributed by atoms with Crippen molar-refractivity contribution in [2.75, 3.05) is 18.4 Å². The molecule has 3 nitrogen and oxygen atoms in total. The minimum atomic E-state index is -0.0619. The second-order valence-electron chi connectivity index (χ2n) is 4.42. The number of nitrogens with zero attached hydrogens (tertiary/aromatic N) is 1. The molecule has 1 fully saturated rings. The van der Waals surface area contributed by atoms with Gasteiger partial charge in [0.2, 0.25) is 5.91 Å². The Kier molecular flexibility index (Phi) is 4.02. The second-order valence-corrected chi connectivity index (χ2v) is 4.85. The van der Waals surface area contributed by atoms with E-state index in [0.29, 0.717) is 5.02 Å². The van der Waals surface area contributed by atoms with Crippen molar-refractivity contribution in [1.82, 2.24) is 4.90 Å². The Balaban J connectivity index is 1.93. The van der Waals surface area contributed by atoms with Crippen molar-refractivity contribution in [1.29, 1.82) is 0 Å². The zero-order valence-corrected chi connectivity index (χ0v) is 10.7. The largest absolute Gasteiger partial charge is 0.325 e. The van der Waals surface area contributed by atoms with Crippen LogP contribution in [0.4, 0.5) is 5.69 Å². The molecule has 2 rings (SSSR count). The van der Waals surface area contributed by atoms with E-state index in [0.717, 1.165) is 18.8 Å². The summed E-state index contributed by atoms with van der Waals surface area (Å²) < 4.78 is 0. The highest BCUT2D eigenvalue weighted by atomic mass is 35.5. The molecule has 0 aliphatic carbocycles. The van der Waals surface area contributed by atoms with Crippen LogP contribution in [0.1, 0.15) is 19.8 Å². The molecule has 17 heavy (non-hydrogen) atoms. The molecule has 1 N–H and O–H groups in total. The van der Waals surface area contributed by atoms with Gasteiger partial charge in [0.05, 0.1) is 6.04 Å². The third-order valence-electron chi connectivity index (χ3n) is 3.18. The van der Waals surface area contributed by atoms with Gasteiger partial charge in [-0.15, -0.1) is 0 Å². The number of amides is 1. The molecule has 0 spiro atoms. The maximum absolute atomic E-state index is 12.0. The fourth-order valence-electron chi connectivity index (χ4n) is 2.07. The molecular weight excluding hydrogens is 236 g/mol. The molecule has 0 unspecified atom stereocenters. The Morgan fingerprint density at radius 2 is 1.88 bits per heavy atom. The number of rotatable bonds is 3. The first-order valence-corrected chi connectivity index (χ1v) is 6.35. The van der Waals surface area contributed by atoms with Gasteiger partial charge in [0.15, 0.2) is 0 Å². The highest BCUT2D eigenvalue weighted by Gasteiger charge is 2.23. The number of likely N-dealkylation sites (tertiary alicyclic amines) is 1. The average Bonchev–Trinajstić information content (AvgIpc) is 2.84. The highest BCUT2D eigenvalue weighted by molar-refractivity contribution is 6.30. The number of benzene rings is 1. The normalized spacial score (nSPS) is 18.0. The van der Waals surface area contributed by atoms with E-state index < -0.39 is 0 Å². The Hall–Kier alpha value is -1.06. The van der Waals surface area contributed by atoms with Crippen LogP contribution in [0.2, 0.25) is 5.02 Å². The molecule has 1 aromatic rings. The molecule has 1 atom stereocenters. The quantitative estimate of drug-likeness (QED) is 0.897. The van der Waals surface area contributed by atoms with E-state index in [2.05, 4.69) is 10.2 Å². The van der Waals surface area contributed by atoms with Gasteiger partial charge >= 0.3 is 0 Å². The van der Waals surface area contributed by atoms with Crippen molar-refractivity contribution in [3.8, 4) is 0 Å². The van der Waals surface area contributed by atoms with Crippen LogP contribution >= 0.6 is 11.6 Å². The predicted octanol–water partition coefficient (Wildman–Crippen LogP) is 2.76. The molecule has 4 heteroatoms. The van der Waals surface area contributed by atoms with Crippen LogP contribution in [-0.2, 0) is 4.79 Å². The molecule has 1 saturated heterocycles. The van der Waals surface area contributed by atoms with E-state index in [-0.39, 0.29) is 11.9 Å². The van der Waals surface area contributed by atoms with Gasteiger partial charge in [-0.3, -0.25) is 9.69 Å². The summed E-state index contributed by atoms with van der Waals surface area (Å²) in [6.45, 7) is 4.00. The Morgan fingerprint density at radius 3 is 2.47 bits per heavy atom. The molecule has 92 valence electrons. The third-order valence-corrected chi connectivity index (χ3v) is 3.43. The van der Waals surface area contributed by atoms with Crippen molar-refractivity contribution < 1.29 is 4.79 Å². The molecule has 0 aromatic heterocycles. The Labute approximate surface area is 107 Å². The molecule has 1 aliphatic heterocycles. The number of hydrogen-bond donors (Lipinski definition) is 1. The fourth-order valence-corrected chi connectivity index (χ4v) is 2.20. The Bertz CT molecular complexity index is 385. The lowest BCUT2D eigenvalue weighted by atomic mass is 10.2. The summed E-state index contributed by atoms with van der Waals surface area (Å²) in [6.07, 6.45) is 2.39. The van der Waals surface area contributed by atoms with Crippen LogP contribution < -0.4 is 5.32 Å². The molecule has 0 saturated carbocycles. The van der Waals surface area contributed by atoms with E-state index >= 15 is 0 Å². The zero-order chi connectivity index (χ0) is 12.3. The molecule has 1 heterocycles. The maximum atomic E-state index is 12.0. The van der Waals surface area contributed by atoms with Gasteiger partial charge in [0.25, 0.3) is 0 Å². The predicted molar refractivity (Wildman–Crippen MR) is 70.4 cm³/mol. The molecular formula is C13H17ClN2O. The van der Waals surface area contributed by atoms with Gasteiger partial charge in [-0.05, 0) is 57.1 Å². The van der Waals surface area contributed by atoms with Gasteiger partial charge in [0.1, 0.15) is 0 Å². The summed E-state index contributed by atoms with van der Waals surface area (Å²) in [4.78, 5) is 14.2. The summed E-state index contributed by atoms with van der Waals surface area (Å²) in [5, 5.41) is 3.58. The van der Waals surface area contributed by atoms with Crippen molar-refractivity contribution >= 4 is 23.2 Å². The molecule has 0 bridgehead atoms. The van der Waals surface area contributed by atoms with Crippen LogP contribution in [0.15, 0.2) is 24.3 Å². The fraction of sp³-hybridized carbons (Fsp3) is 0.462. The van der Waals surface area contributed by atoms with Crippen molar-refractivity contribution in [3.05, 3.63) is 29.3 Å². The molecule has 1 amide bonds. The zero-order valence-electron chi connectivity index (χ0n) is 9.95. The SMILES string of the molecule is C[C@@H](C(=O)Nc1ccc(Cl)cc1)N1CCCC1. The van der Waals surface area contributed by atoms with Crippen molar-refractivity contribution in [2.24, 2.45) is 0 Å². The van der Waals surface area contributed by atoms with Crippen LogP contribution in [0.5, 0.6) is 0 Å². The van der Waals surface area contributed by atoms with E-state index in [9.17, 15) is 4.79 Å². The topological polar surface area (TPSA) is 32.3 Å². The number of halogens is 1. The van der Waals surface area contributed by atoms with Gasteiger partial charge in [0, 0.05) is 10.7 Å². The second kappa shape index (κ2) is 5.52. The number of carbonyl (C=O) groups excluding carboxylic acids is 1. The monoisotopic (exact) mass is 252 g/mol. The molecule has 1 aliphatic rings. The first-order valence-electron chi connectivity index (χ1n) is 5.97. The van der Waals surface area contributed by atoms with Crippen LogP contribution in [0.25, 0.3) is 0 Å². The number of nitrogens with one attached hydrogen (secondary N) is 1. The van der Waals surface area contributed by atoms with Gasteiger partial charge in [-0.25, -0.2) is 0 Å². The van der Waals surface area contributed by atoms with Gasteiger partial charge < -0.3 is 5.32 Å². The van der Waals surface area contributed by atoms with Crippen LogP contribution in [0, 0.1) is 0 Å². The average molecular weight is 253 g/mol. The summed E-state index contributed by atoms with van der Waals surface area (Å²) in [5.74, 6) is 0.0502. The lowest BCUT2D eigenvalue weighted by Crippen LogP contribution is -2.40. The van der Waals surface area contributed by atoms with Crippen molar-refractivity contribution in [3.63, 3.8) is 0 Å². The van der Waals surface area contributed by atoms with Gasteiger partial charge in [-0.2, -0.15) is 0 Å². The van der Waals surface area contributed by atoms with E-state index in [1.54, 1.807) is 12.1 Å². The number of anilines is 1. The summed E-state index contributed by atoms with van der Waals surface area (Å²) in [5.41, 5.74) is 0.797.